The lowest BCUT2D eigenvalue weighted by molar-refractivity contribution is -0.0153. The predicted octanol–water partition coefficient (Wildman–Crippen LogP) is 0.744. The van der Waals surface area contributed by atoms with E-state index in [-0.39, 0.29) is 5.60 Å². The van der Waals surface area contributed by atoms with Crippen LogP contribution < -0.4 is 5.32 Å². The Morgan fingerprint density at radius 3 is 3.00 bits per heavy atom. The lowest BCUT2D eigenvalue weighted by Crippen LogP contribution is -2.43. The molecule has 1 rings (SSSR count). The second-order valence-electron chi connectivity index (χ2n) is 3.36. The molecule has 0 aromatic heterocycles. The fourth-order valence-corrected chi connectivity index (χ4v) is 1.80. The highest BCUT2D eigenvalue weighted by Gasteiger charge is 2.34. The largest absolute Gasteiger partial charge is 0.378 e. The van der Waals surface area contributed by atoms with Crippen molar-refractivity contribution in [1.82, 2.24) is 5.32 Å². The molecule has 0 aromatic rings. The molecule has 1 N–H and O–H groups in total. The highest BCUT2D eigenvalue weighted by Crippen LogP contribution is 2.21. The van der Waals surface area contributed by atoms with Crippen LogP contribution in [0.5, 0.6) is 0 Å². The quantitative estimate of drug-likeness (QED) is 0.648. The van der Waals surface area contributed by atoms with Crippen LogP contribution in [0.25, 0.3) is 0 Å². The van der Waals surface area contributed by atoms with Gasteiger partial charge in [0.15, 0.2) is 0 Å². The van der Waals surface area contributed by atoms with Crippen molar-refractivity contribution in [3.63, 3.8) is 0 Å². The Kier molecular flexibility index (Phi) is 5.09. The Labute approximate surface area is 84.6 Å². The number of methoxy groups -OCH3 is 1. The Hall–Kier alpha value is 0.230. The molecular formula is C9H19NO2S. The molecule has 13 heavy (non-hydrogen) atoms. The molecule has 1 heterocycles. The molecule has 0 aromatic carbocycles. The third-order valence-electron chi connectivity index (χ3n) is 2.43. The number of nitrogens with one attached hydrogen (secondary N) is 1. The molecule has 3 nitrogen and oxygen atoms in total. The standard InChI is InChI=1S/C9H19NO2S/c1-11-9(3-5-12-8-9)7-10-4-6-13-2/h10H,3-8H2,1-2H3. The molecule has 0 saturated carbocycles. The third kappa shape index (κ3) is 3.46. The topological polar surface area (TPSA) is 30.5 Å². The zero-order chi connectivity index (χ0) is 9.57. The van der Waals surface area contributed by atoms with Crippen LogP contribution in [0.15, 0.2) is 0 Å². The summed E-state index contributed by atoms with van der Waals surface area (Å²) in [4.78, 5) is 0. The summed E-state index contributed by atoms with van der Waals surface area (Å²) >= 11 is 1.86. The number of rotatable bonds is 6. The Morgan fingerprint density at radius 1 is 1.62 bits per heavy atom. The summed E-state index contributed by atoms with van der Waals surface area (Å²) in [5.41, 5.74) is -0.0571. The first-order valence-corrected chi connectivity index (χ1v) is 6.05. The van der Waals surface area contributed by atoms with Gasteiger partial charge < -0.3 is 14.8 Å². The van der Waals surface area contributed by atoms with E-state index < -0.39 is 0 Å². The van der Waals surface area contributed by atoms with Gasteiger partial charge in [-0.15, -0.1) is 0 Å². The van der Waals surface area contributed by atoms with Gasteiger partial charge in [-0.05, 0) is 6.26 Å². The summed E-state index contributed by atoms with van der Waals surface area (Å²) in [6.45, 7) is 3.52. The maximum Gasteiger partial charge on any atom is 0.106 e. The molecular weight excluding hydrogens is 186 g/mol. The molecule has 0 amide bonds. The molecule has 1 unspecified atom stereocenters. The maximum absolute atomic E-state index is 5.48. The lowest BCUT2D eigenvalue weighted by atomic mass is 10.0. The van der Waals surface area contributed by atoms with Crippen LogP contribution in [0, 0.1) is 0 Å². The minimum Gasteiger partial charge on any atom is -0.378 e. The maximum atomic E-state index is 5.48. The van der Waals surface area contributed by atoms with Crippen LogP contribution in [-0.2, 0) is 9.47 Å². The van der Waals surface area contributed by atoms with E-state index in [2.05, 4.69) is 11.6 Å². The van der Waals surface area contributed by atoms with Gasteiger partial charge in [-0.1, -0.05) is 0 Å². The molecule has 0 spiro atoms. The molecule has 0 bridgehead atoms. The van der Waals surface area contributed by atoms with Crippen molar-refractivity contribution < 1.29 is 9.47 Å². The van der Waals surface area contributed by atoms with Crippen molar-refractivity contribution in [2.24, 2.45) is 0 Å². The highest BCUT2D eigenvalue weighted by molar-refractivity contribution is 7.98. The zero-order valence-corrected chi connectivity index (χ0v) is 9.28. The van der Waals surface area contributed by atoms with E-state index in [1.54, 1.807) is 7.11 Å². The molecule has 4 heteroatoms. The Bertz CT molecular complexity index is 138. The lowest BCUT2D eigenvalue weighted by Gasteiger charge is -2.25. The average molecular weight is 205 g/mol. The molecule has 1 atom stereocenters. The number of thioether (sulfide) groups is 1. The van der Waals surface area contributed by atoms with Crippen molar-refractivity contribution in [1.29, 1.82) is 0 Å². The second kappa shape index (κ2) is 5.86. The predicted molar refractivity (Wildman–Crippen MR) is 56.4 cm³/mol. The molecule has 1 aliphatic rings. The van der Waals surface area contributed by atoms with E-state index in [9.17, 15) is 0 Å². The summed E-state index contributed by atoms with van der Waals surface area (Å²) in [6, 6.07) is 0. The van der Waals surface area contributed by atoms with Crippen molar-refractivity contribution in [2.75, 3.05) is 45.4 Å². The molecule has 1 fully saturated rings. The van der Waals surface area contributed by atoms with E-state index >= 15 is 0 Å². The summed E-state index contributed by atoms with van der Waals surface area (Å²) < 4.78 is 10.8. The van der Waals surface area contributed by atoms with Gasteiger partial charge in [0.2, 0.25) is 0 Å². The van der Waals surface area contributed by atoms with Crippen molar-refractivity contribution in [2.45, 2.75) is 12.0 Å². The second-order valence-corrected chi connectivity index (χ2v) is 4.34. The fourth-order valence-electron chi connectivity index (χ4n) is 1.45. The van der Waals surface area contributed by atoms with E-state index in [4.69, 9.17) is 9.47 Å². The van der Waals surface area contributed by atoms with Gasteiger partial charge in [0, 0.05) is 39.0 Å². The molecule has 78 valence electrons. The molecule has 0 radical (unpaired) electrons. The van der Waals surface area contributed by atoms with Crippen LogP contribution in [0.4, 0.5) is 0 Å². The number of ether oxygens (including phenoxy) is 2. The minimum absolute atomic E-state index is 0.0571. The van der Waals surface area contributed by atoms with Crippen LogP contribution in [0.2, 0.25) is 0 Å². The van der Waals surface area contributed by atoms with Gasteiger partial charge in [-0.2, -0.15) is 11.8 Å². The van der Waals surface area contributed by atoms with Gasteiger partial charge in [0.05, 0.1) is 6.61 Å². The van der Waals surface area contributed by atoms with Crippen molar-refractivity contribution >= 4 is 11.8 Å². The summed E-state index contributed by atoms with van der Waals surface area (Å²) in [6.07, 6.45) is 3.13. The SMILES string of the molecule is COC1(CNCCSC)CCOC1. The normalized spacial score (nSPS) is 28.2. The monoisotopic (exact) mass is 205 g/mol. The first-order chi connectivity index (χ1) is 6.33. The number of hydrogen-bond acceptors (Lipinski definition) is 4. The Balaban J connectivity index is 2.16. The summed E-state index contributed by atoms with van der Waals surface area (Å²) in [5.74, 6) is 1.15. The van der Waals surface area contributed by atoms with E-state index in [1.807, 2.05) is 11.8 Å². The van der Waals surface area contributed by atoms with E-state index in [1.165, 1.54) is 0 Å². The van der Waals surface area contributed by atoms with Crippen molar-refractivity contribution in [3.05, 3.63) is 0 Å². The van der Waals surface area contributed by atoms with E-state index in [0.29, 0.717) is 0 Å². The van der Waals surface area contributed by atoms with E-state index in [0.717, 1.165) is 38.5 Å². The zero-order valence-electron chi connectivity index (χ0n) is 8.47. The summed E-state index contributed by atoms with van der Waals surface area (Å²) in [7, 11) is 1.77. The fraction of sp³-hybridized carbons (Fsp3) is 1.00. The van der Waals surface area contributed by atoms with Gasteiger partial charge in [0.1, 0.15) is 5.60 Å². The summed E-state index contributed by atoms with van der Waals surface area (Å²) in [5, 5.41) is 3.39. The molecule has 0 aliphatic carbocycles. The Morgan fingerprint density at radius 2 is 2.46 bits per heavy atom. The molecule has 1 saturated heterocycles. The number of hydrogen-bond donors (Lipinski definition) is 1. The van der Waals surface area contributed by atoms with Crippen LogP contribution in [-0.4, -0.2) is 51.0 Å². The third-order valence-corrected chi connectivity index (χ3v) is 3.04. The first kappa shape index (κ1) is 11.3. The van der Waals surface area contributed by atoms with Gasteiger partial charge >= 0.3 is 0 Å². The van der Waals surface area contributed by atoms with Gasteiger partial charge in [-0.25, -0.2) is 0 Å². The van der Waals surface area contributed by atoms with Crippen molar-refractivity contribution in [3.8, 4) is 0 Å². The first-order valence-electron chi connectivity index (χ1n) is 4.65. The minimum atomic E-state index is -0.0571. The van der Waals surface area contributed by atoms with Crippen LogP contribution in [0.1, 0.15) is 6.42 Å². The van der Waals surface area contributed by atoms with Gasteiger partial charge in [0.25, 0.3) is 0 Å². The molecule has 1 aliphatic heterocycles. The highest BCUT2D eigenvalue weighted by atomic mass is 32.2. The van der Waals surface area contributed by atoms with Crippen LogP contribution in [0.3, 0.4) is 0 Å². The smallest absolute Gasteiger partial charge is 0.106 e. The van der Waals surface area contributed by atoms with Crippen LogP contribution >= 0.6 is 11.8 Å². The van der Waals surface area contributed by atoms with Gasteiger partial charge in [-0.3, -0.25) is 0 Å². The average Bonchev–Trinajstić information content (AvgIpc) is 2.62.